The molecule has 0 bridgehead atoms. The van der Waals surface area contributed by atoms with Crippen LogP contribution in [0.4, 0.5) is 32.0 Å². The highest BCUT2D eigenvalue weighted by atomic mass is 35.5. The van der Waals surface area contributed by atoms with Gasteiger partial charge in [-0.05, 0) is 13.3 Å². The van der Waals surface area contributed by atoms with Crippen molar-refractivity contribution in [2.75, 3.05) is 4.90 Å². The monoisotopic (exact) mass is 508 g/mol. The number of rotatable bonds is 5. The Morgan fingerprint density at radius 1 is 1.13 bits per heavy atom. The summed E-state index contributed by atoms with van der Waals surface area (Å²) < 4.78 is 81.0. The normalized spacial score (nSPS) is 12.1. The van der Waals surface area contributed by atoms with Crippen molar-refractivity contribution in [1.29, 1.82) is 0 Å². The Bertz CT molecular complexity index is 984. The van der Waals surface area contributed by atoms with Gasteiger partial charge in [-0.2, -0.15) is 13.2 Å². The summed E-state index contributed by atoms with van der Waals surface area (Å²) in [5, 5.41) is -1.32. The molecule has 0 saturated carbocycles. The van der Waals surface area contributed by atoms with Crippen LogP contribution >= 0.6 is 34.5 Å². The zero-order valence-electron chi connectivity index (χ0n) is 15.6. The molecule has 170 valence electrons. The van der Waals surface area contributed by atoms with Gasteiger partial charge in [0.05, 0.1) is 20.7 Å². The van der Waals surface area contributed by atoms with Crippen LogP contribution in [0.5, 0.6) is 5.75 Å². The Hall–Kier alpha value is -2.05. The predicted molar refractivity (Wildman–Crippen MR) is 102 cm³/mol. The molecule has 0 spiro atoms. The molecule has 2 rings (SSSR count). The standard InChI is InChI=1S/C17H12Cl2F6N2O3S/c1-3-4-11(28)27(15(29)13-14(16(20,21)22)26-7(2)31-13)12-9(18)5-8(6-10(12)19)30-17(23,24)25/h5-6H,3-4H2,1-2H3. The van der Waals surface area contributed by atoms with E-state index in [4.69, 9.17) is 23.2 Å². The Morgan fingerprint density at radius 2 is 1.68 bits per heavy atom. The molecule has 1 aromatic carbocycles. The van der Waals surface area contributed by atoms with Gasteiger partial charge in [-0.3, -0.25) is 9.59 Å². The second kappa shape index (κ2) is 9.21. The van der Waals surface area contributed by atoms with E-state index in [2.05, 4.69) is 9.72 Å². The Morgan fingerprint density at radius 3 is 2.13 bits per heavy atom. The molecule has 1 aromatic heterocycles. The van der Waals surface area contributed by atoms with Crippen molar-refractivity contribution in [3.63, 3.8) is 0 Å². The van der Waals surface area contributed by atoms with E-state index in [1.54, 1.807) is 6.92 Å². The number of hydrogen-bond acceptors (Lipinski definition) is 5. The van der Waals surface area contributed by atoms with Gasteiger partial charge in [0.15, 0.2) is 5.69 Å². The SMILES string of the molecule is CCCC(=O)N(C(=O)c1sc(C)nc1C(F)(F)F)c1c(Cl)cc(OC(F)(F)F)cc1Cl. The van der Waals surface area contributed by atoms with Gasteiger partial charge in [0.2, 0.25) is 5.91 Å². The zero-order chi connectivity index (χ0) is 23.7. The first-order valence-corrected chi connectivity index (χ1v) is 9.89. The number of carbonyl (C=O) groups excluding carboxylic acids is 2. The largest absolute Gasteiger partial charge is 0.573 e. The zero-order valence-corrected chi connectivity index (χ0v) is 17.9. The van der Waals surface area contributed by atoms with Crippen LogP contribution in [0.3, 0.4) is 0 Å². The number of carbonyl (C=O) groups is 2. The number of aryl methyl sites for hydroxylation is 1. The molecule has 14 heteroatoms. The van der Waals surface area contributed by atoms with Gasteiger partial charge in [-0.25, -0.2) is 9.88 Å². The van der Waals surface area contributed by atoms with Crippen molar-refractivity contribution in [1.82, 2.24) is 4.98 Å². The van der Waals surface area contributed by atoms with E-state index in [9.17, 15) is 35.9 Å². The van der Waals surface area contributed by atoms with E-state index < -0.39 is 56.4 Å². The summed E-state index contributed by atoms with van der Waals surface area (Å²) in [5.41, 5.74) is -2.07. The van der Waals surface area contributed by atoms with Crippen molar-refractivity contribution in [3.05, 3.63) is 37.8 Å². The van der Waals surface area contributed by atoms with Gasteiger partial charge in [-0.1, -0.05) is 30.1 Å². The van der Waals surface area contributed by atoms with E-state index in [1.807, 2.05) is 0 Å². The van der Waals surface area contributed by atoms with Crippen LogP contribution in [0, 0.1) is 6.92 Å². The summed E-state index contributed by atoms with van der Waals surface area (Å²) >= 11 is 12.3. The number of nitrogens with zero attached hydrogens (tertiary/aromatic N) is 2. The van der Waals surface area contributed by atoms with E-state index in [-0.39, 0.29) is 17.8 Å². The number of benzene rings is 1. The summed E-state index contributed by atoms with van der Waals surface area (Å²) in [6.07, 6.45) is -10.1. The molecule has 0 aliphatic rings. The molecule has 0 saturated heterocycles. The second-order valence-electron chi connectivity index (χ2n) is 5.98. The maximum atomic E-state index is 13.3. The third-order valence-electron chi connectivity index (χ3n) is 3.56. The molecule has 1 heterocycles. The van der Waals surface area contributed by atoms with Crippen molar-refractivity contribution in [2.24, 2.45) is 0 Å². The van der Waals surface area contributed by atoms with Crippen LogP contribution in [-0.4, -0.2) is 23.2 Å². The summed E-state index contributed by atoms with van der Waals surface area (Å²) in [6, 6.07) is 1.27. The Kier molecular flexibility index (Phi) is 7.49. The summed E-state index contributed by atoms with van der Waals surface area (Å²) in [7, 11) is 0. The molecule has 0 unspecified atom stereocenters. The molecular formula is C17H12Cl2F6N2O3S. The van der Waals surface area contributed by atoms with Crippen molar-refractivity contribution in [2.45, 2.75) is 39.2 Å². The molecule has 31 heavy (non-hydrogen) atoms. The smallest absolute Gasteiger partial charge is 0.406 e. The van der Waals surface area contributed by atoms with Gasteiger partial charge in [0.25, 0.3) is 5.91 Å². The lowest BCUT2D eigenvalue weighted by molar-refractivity contribution is -0.274. The fraction of sp³-hybridized carbons (Fsp3) is 0.353. The van der Waals surface area contributed by atoms with E-state index in [1.165, 1.54) is 6.92 Å². The third-order valence-corrected chi connectivity index (χ3v) is 5.10. The Labute approximate surface area is 185 Å². The first kappa shape index (κ1) is 25.2. The van der Waals surface area contributed by atoms with Gasteiger partial charge in [-0.15, -0.1) is 24.5 Å². The molecule has 5 nitrogen and oxygen atoms in total. The van der Waals surface area contributed by atoms with Crippen LogP contribution in [0.25, 0.3) is 0 Å². The van der Waals surface area contributed by atoms with Crippen molar-refractivity contribution in [3.8, 4) is 5.75 Å². The number of ether oxygens (including phenoxy) is 1. The van der Waals surface area contributed by atoms with Gasteiger partial charge >= 0.3 is 12.5 Å². The summed E-state index contributed by atoms with van der Waals surface area (Å²) in [6.45, 7) is 2.81. The fourth-order valence-corrected chi connectivity index (χ4v) is 3.98. The van der Waals surface area contributed by atoms with Crippen molar-refractivity contribution >= 4 is 52.0 Å². The number of imide groups is 1. The topological polar surface area (TPSA) is 59.5 Å². The molecule has 2 aromatic rings. The number of hydrogen-bond donors (Lipinski definition) is 0. The van der Waals surface area contributed by atoms with Crippen molar-refractivity contribution < 1.29 is 40.7 Å². The second-order valence-corrected chi connectivity index (χ2v) is 7.99. The number of alkyl halides is 6. The molecule has 0 atom stereocenters. The number of halogens is 8. The van der Waals surface area contributed by atoms with Crippen LogP contribution < -0.4 is 9.64 Å². The molecule has 0 aliphatic carbocycles. The summed E-state index contributed by atoms with van der Waals surface area (Å²) in [4.78, 5) is 28.4. The van der Waals surface area contributed by atoms with Gasteiger partial charge in [0.1, 0.15) is 10.6 Å². The number of aromatic nitrogens is 1. The minimum absolute atomic E-state index is 0.0929. The average Bonchev–Trinajstić information content (AvgIpc) is 2.98. The molecule has 0 N–H and O–H groups in total. The number of anilines is 1. The Balaban J connectivity index is 2.65. The highest BCUT2D eigenvalue weighted by Gasteiger charge is 2.42. The minimum Gasteiger partial charge on any atom is -0.406 e. The maximum Gasteiger partial charge on any atom is 0.573 e. The van der Waals surface area contributed by atoms with E-state index in [0.29, 0.717) is 28.4 Å². The first-order chi connectivity index (χ1) is 14.2. The van der Waals surface area contributed by atoms with E-state index >= 15 is 0 Å². The number of amides is 2. The van der Waals surface area contributed by atoms with Crippen LogP contribution in [0.1, 0.15) is 40.1 Å². The highest BCUT2D eigenvalue weighted by molar-refractivity contribution is 7.14. The quantitative estimate of drug-likeness (QED) is 0.424. The lowest BCUT2D eigenvalue weighted by Gasteiger charge is -2.24. The molecular weight excluding hydrogens is 497 g/mol. The summed E-state index contributed by atoms with van der Waals surface area (Å²) in [5.74, 6) is -3.21. The van der Waals surface area contributed by atoms with Crippen LogP contribution in [0.2, 0.25) is 10.0 Å². The first-order valence-electron chi connectivity index (χ1n) is 8.32. The number of thiazole rings is 1. The molecule has 0 aliphatic heterocycles. The third kappa shape index (κ3) is 6.01. The maximum absolute atomic E-state index is 13.3. The highest BCUT2D eigenvalue weighted by Crippen LogP contribution is 2.42. The average molecular weight is 509 g/mol. The molecule has 2 amide bonds. The van der Waals surface area contributed by atoms with Crippen LogP contribution in [0.15, 0.2) is 12.1 Å². The lowest BCUT2D eigenvalue weighted by atomic mass is 10.2. The lowest BCUT2D eigenvalue weighted by Crippen LogP contribution is -2.38. The minimum atomic E-state index is -5.08. The van der Waals surface area contributed by atoms with Gasteiger partial charge < -0.3 is 4.74 Å². The van der Waals surface area contributed by atoms with Crippen LogP contribution in [-0.2, 0) is 11.0 Å². The predicted octanol–water partition coefficient (Wildman–Crippen LogP) is 6.65. The van der Waals surface area contributed by atoms with E-state index in [0.717, 1.165) is 0 Å². The fourth-order valence-electron chi connectivity index (χ4n) is 2.48. The molecule has 0 fully saturated rings. The molecule has 0 radical (unpaired) electrons. The van der Waals surface area contributed by atoms with Gasteiger partial charge in [0, 0.05) is 18.6 Å².